The van der Waals surface area contributed by atoms with E-state index in [0.717, 1.165) is 11.4 Å². The largest absolute Gasteiger partial charge is 0.497 e. The van der Waals surface area contributed by atoms with Crippen LogP contribution in [0.4, 0.5) is 10.8 Å². The molecule has 1 aromatic heterocycles. The Balaban J connectivity index is 1.46. The zero-order valence-electron chi connectivity index (χ0n) is 15.8. The molecule has 2 amide bonds. The van der Waals surface area contributed by atoms with E-state index in [1.165, 1.54) is 29.2 Å². The summed E-state index contributed by atoms with van der Waals surface area (Å²) in [5.41, 5.74) is 1.76. The van der Waals surface area contributed by atoms with Gasteiger partial charge in [0.1, 0.15) is 5.75 Å². The van der Waals surface area contributed by atoms with Gasteiger partial charge in [-0.25, -0.2) is 4.98 Å². The molecule has 2 N–H and O–H groups in total. The van der Waals surface area contributed by atoms with Crippen molar-refractivity contribution >= 4 is 68.9 Å². The van der Waals surface area contributed by atoms with Gasteiger partial charge in [0, 0.05) is 21.8 Å². The summed E-state index contributed by atoms with van der Waals surface area (Å²) in [6, 6.07) is 11.8. The monoisotopic (exact) mass is 481 g/mol. The number of benzene rings is 2. The normalized spacial score (nSPS) is 10.5. The quantitative estimate of drug-likeness (QED) is 0.438. The lowest BCUT2D eigenvalue weighted by Gasteiger charge is -2.06. The number of ether oxygens (including phenoxy) is 1. The number of thioether (sulfide) groups is 1. The number of hydrogen-bond donors (Lipinski definition) is 2. The maximum Gasteiger partial charge on any atom is 0.259 e. The number of amides is 2. The lowest BCUT2D eigenvalue weighted by Crippen LogP contribution is -2.14. The molecule has 0 aliphatic heterocycles. The fourth-order valence-electron chi connectivity index (χ4n) is 2.39. The molecule has 10 heteroatoms. The second-order valence-corrected chi connectivity index (χ2v) is 8.68. The van der Waals surface area contributed by atoms with Gasteiger partial charge in [0.15, 0.2) is 5.13 Å². The van der Waals surface area contributed by atoms with Crippen molar-refractivity contribution in [2.75, 3.05) is 23.5 Å². The Morgan fingerprint density at radius 2 is 1.90 bits per heavy atom. The van der Waals surface area contributed by atoms with Gasteiger partial charge >= 0.3 is 0 Å². The average Bonchev–Trinajstić information content (AvgIpc) is 3.17. The fourth-order valence-corrected chi connectivity index (χ4v) is 4.29. The Bertz CT molecular complexity index is 1040. The van der Waals surface area contributed by atoms with Crippen LogP contribution in [0, 0.1) is 0 Å². The molecule has 0 unspecified atom stereocenters. The molecule has 0 bridgehead atoms. The highest BCUT2D eigenvalue weighted by atomic mass is 35.5. The Morgan fingerprint density at radius 3 is 2.63 bits per heavy atom. The molecule has 0 saturated heterocycles. The number of carbonyl (C=O) groups excluding carboxylic acids is 2. The van der Waals surface area contributed by atoms with Crippen molar-refractivity contribution in [2.24, 2.45) is 0 Å². The lowest BCUT2D eigenvalue weighted by molar-refractivity contribution is -0.113. The van der Waals surface area contributed by atoms with Gasteiger partial charge in [-0.2, -0.15) is 0 Å². The van der Waals surface area contributed by atoms with Crippen LogP contribution in [0.2, 0.25) is 10.0 Å². The predicted molar refractivity (Wildman–Crippen MR) is 124 cm³/mol. The number of carbonyl (C=O) groups is 2. The summed E-state index contributed by atoms with van der Waals surface area (Å²) in [6.45, 7) is 0. The maximum absolute atomic E-state index is 12.4. The maximum atomic E-state index is 12.4. The van der Waals surface area contributed by atoms with Crippen LogP contribution in [0.3, 0.4) is 0 Å². The summed E-state index contributed by atoms with van der Waals surface area (Å²) >= 11 is 14.7. The van der Waals surface area contributed by atoms with Gasteiger partial charge in [-0.15, -0.1) is 23.1 Å². The Kier molecular flexibility index (Phi) is 7.98. The third-order valence-electron chi connectivity index (χ3n) is 3.80. The molecule has 156 valence electrons. The number of anilines is 2. The Hall–Kier alpha value is -2.26. The Morgan fingerprint density at radius 1 is 1.13 bits per heavy atom. The second kappa shape index (κ2) is 10.7. The van der Waals surface area contributed by atoms with Crippen molar-refractivity contribution in [3.63, 3.8) is 0 Å². The van der Waals surface area contributed by atoms with Gasteiger partial charge in [0.25, 0.3) is 5.91 Å². The number of methoxy groups -OCH3 is 1. The molecule has 0 atom stereocenters. The van der Waals surface area contributed by atoms with Crippen molar-refractivity contribution in [3.05, 3.63) is 69.1 Å². The van der Waals surface area contributed by atoms with E-state index >= 15 is 0 Å². The van der Waals surface area contributed by atoms with Crippen molar-refractivity contribution in [3.8, 4) is 5.75 Å². The number of hydrogen-bond acceptors (Lipinski definition) is 6. The summed E-state index contributed by atoms with van der Waals surface area (Å²) in [7, 11) is 1.59. The highest BCUT2D eigenvalue weighted by Crippen LogP contribution is 2.24. The minimum atomic E-state index is -0.380. The number of thiazole rings is 1. The summed E-state index contributed by atoms with van der Waals surface area (Å²) in [4.78, 5) is 28.8. The van der Waals surface area contributed by atoms with E-state index in [-0.39, 0.29) is 23.1 Å². The smallest absolute Gasteiger partial charge is 0.259 e. The van der Waals surface area contributed by atoms with E-state index in [9.17, 15) is 9.59 Å². The zero-order chi connectivity index (χ0) is 21.5. The molecule has 2 aromatic carbocycles. The molecule has 0 aliphatic carbocycles. The van der Waals surface area contributed by atoms with Crippen LogP contribution in [0.1, 0.15) is 16.1 Å². The summed E-state index contributed by atoms with van der Waals surface area (Å²) in [6.07, 6.45) is 0. The number of nitrogens with zero attached hydrogens (tertiary/aromatic N) is 1. The lowest BCUT2D eigenvalue weighted by atomic mass is 10.2. The number of aromatic nitrogens is 1. The van der Waals surface area contributed by atoms with E-state index in [4.69, 9.17) is 27.9 Å². The van der Waals surface area contributed by atoms with Gasteiger partial charge in [-0.05, 0) is 42.5 Å². The standard InChI is InChI=1S/C20H17Cl2N3O3S2/c1-28-15-5-3-13(4-6-15)23-18(26)11-29-9-14-10-30-20(24-14)25-19(27)16-8-12(21)2-7-17(16)22/h2-8,10H,9,11H2,1H3,(H,23,26)(H,24,25,27). The van der Waals surface area contributed by atoms with Crippen molar-refractivity contribution in [2.45, 2.75) is 5.75 Å². The molecule has 1 heterocycles. The van der Waals surface area contributed by atoms with Crippen molar-refractivity contribution in [1.29, 1.82) is 0 Å². The minimum Gasteiger partial charge on any atom is -0.497 e. The van der Waals surface area contributed by atoms with E-state index in [2.05, 4.69) is 15.6 Å². The van der Waals surface area contributed by atoms with Crippen LogP contribution in [-0.2, 0) is 10.5 Å². The van der Waals surface area contributed by atoms with Gasteiger partial charge in [-0.3, -0.25) is 14.9 Å². The zero-order valence-corrected chi connectivity index (χ0v) is 18.9. The van der Waals surface area contributed by atoms with Gasteiger partial charge in [0.05, 0.1) is 29.1 Å². The van der Waals surface area contributed by atoms with E-state index < -0.39 is 0 Å². The fraction of sp³-hybridized carbons (Fsp3) is 0.150. The van der Waals surface area contributed by atoms with Gasteiger partial charge in [0.2, 0.25) is 5.91 Å². The topological polar surface area (TPSA) is 80.3 Å². The van der Waals surface area contributed by atoms with E-state index in [0.29, 0.717) is 26.6 Å². The summed E-state index contributed by atoms with van der Waals surface area (Å²) < 4.78 is 5.09. The van der Waals surface area contributed by atoms with Crippen molar-refractivity contribution in [1.82, 2.24) is 4.98 Å². The first-order chi connectivity index (χ1) is 14.4. The molecule has 0 fully saturated rings. The molecule has 30 heavy (non-hydrogen) atoms. The SMILES string of the molecule is COc1ccc(NC(=O)CSCc2csc(NC(=O)c3cc(Cl)ccc3Cl)n2)cc1. The molecular formula is C20H17Cl2N3O3S2. The Labute approximate surface area is 191 Å². The summed E-state index contributed by atoms with van der Waals surface area (Å²) in [5.74, 6) is 1.06. The molecule has 0 spiro atoms. The first-order valence-corrected chi connectivity index (χ1v) is 11.5. The first kappa shape index (κ1) is 22.4. The van der Waals surface area contributed by atoms with E-state index in [1.54, 1.807) is 43.5 Å². The number of halogens is 2. The van der Waals surface area contributed by atoms with Gasteiger partial charge in [-0.1, -0.05) is 23.2 Å². The van der Waals surface area contributed by atoms with Crippen LogP contribution in [0.15, 0.2) is 47.8 Å². The average molecular weight is 482 g/mol. The summed E-state index contributed by atoms with van der Waals surface area (Å²) in [5, 5.41) is 8.57. The molecule has 3 aromatic rings. The predicted octanol–water partition coefficient (Wildman–Crippen LogP) is 5.58. The molecule has 6 nitrogen and oxygen atoms in total. The minimum absolute atomic E-state index is 0.107. The molecule has 0 radical (unpaired) electrons. The molecule has 3 rings (SSSR count). The number of nitrogens with one attached hydrogen (secondary N) is 2. The van der Waals surface area contributed by atoms with Gasteiger partial charge < -0.3 is 10.1 Å². The second-order valence-electron chi connectivity index (χ2n) is 5.99. The van der Waals surface area contributed by atoms with Crippen LogP contribution < -0.4 is 15.4 Å². The van der Waals surface area contributed by atoms with Crippen LogP contribution in [0.25, 0.3) is 0 Å². The molecule has 0 aliphatic rings. The van der Waals surface area contributed by atoms with Crippen molar-refractivity contribution < 1.29 is 14.3 Å². The van der Waals surface area contributed by atoms with Crippen LogP contribution in [-0.4, -0.2) is 29.7 Å². The number of rotatable bonds is 8. The third-order valence-corrected chi connectivity index (χ3v) is 6.14. The van der Waals surface area contributed by atoms with Crippen LogP contribution in [0.5, 0.6) is 5.75 Å². The molecule has 0 saturated carbocycles. The molecular weight excluding hydrogens is 465 g/mol. The highest BCUT2D eigenvalue weighted by Gasteiger charge is 2.13. The first-order valence-electron chi connectivity index (χ1n) is 8.67. The van der Waals surface area contributed by atoms with Crippen LogP contribution >= 0.6 is 46.3 Å². The highest BCUT2D eigenvalue weighted by molar-refractivity contribution is 7.99. The third kappa shape index (κ3) is 6.37. The van der Waals surface area contributed by atoms with E-state index in [1.807, 2.05) is 5.38 Å².